The number of carboxylic acids is 1. The number of aliphatic carboxylic acids is 1. The van der Waals surface area contributed by atoms with Crippen molar-refractivity contribution < 1.29 is 42.9 Å². The lowest BCUT2D eigenvalue weighted by atomic mass is 10.0. The first-order valence-corrected chi connectivity index (χ1v) is 34.4. The third-order valence-corrected chi connectivity index (χ3v) is 15.2. The number of quaternary nitrogens is 1. The van der Waals surface area contributed by atoms with E-state index < -0.39 is 24.3 Å². The van der Waals surface area contributed by atoms with Crippen LogP contribution in [0.4, 0.5) is 0 Å². The van der Waals surface area contributed by atoms with Gasteiger partial charge in [-0.1, -0.05) is 293 Å². The average Bonchev–Trinajstić information content (AvgIpc) is 3.44. The zero-order chi connectivity index (χ0) is 59.1. The Kier molecular flexibility index (Phi) is 60.7. The summed E-state index contributed by atoms with van der Waals surface area (Å²) in [6, 6.07) is 0. The Bertz CT molecular complexity index is 1510. The topological polar surface area (TPSA) is 111 Å². The number of hydrogen-bond acceptors (Lipinski definition) is 8. The number of likely N-dealkylation sites (N-methyl/N-ethyl adjacent to an activating group) is 1. The van der Waals surface area contributed by atoms with Crippen molar-refractivity contribution in [2.75, 3.05) is 47.5 Å². The van der Waals surface area contributed by atoms with Crippen LogP contribution in [0.15, 0.2) is 60.8 Å². The van der Waals surface area contributed by atoms with Crippen LogP contribution in [-0.2, 0) is 33.3 Å². The number of hydrogen-bond donors (Lipinski definition) is 0. The van der Waals surface area contributed by atoms with E-state index in [1.54, 1.807) is 0 Å². The highest BCUT2D eigenvalue weighted by molar-refractivity contribution is 5.70. The fourth-order valence-electron chi connectivity index (χ4n) is 10.00. The number of esters is 2. The molecule has 9 heteroatoms. The first-order chi connectivity index (χ1) is 39.6. The summed E-state index contributed by atoms with van der Waals surface area (Å²) in [5.74, 6) is -2.28. The quantitative estimate of drug-likeness (QED) is 0.0195. The Morgan fingerprint density at radius 2 is 0.704 bits per heavy atom. The molecule has 0 aliphatic carbocycles. The van der Waals surface area contributed by atoms with Crippen molar-refractivity contribution in [1.29, 1.82) is 0 Å². The fraction of sp³-hybridized carbons (Fsp3) is 0.819. The summed E-state index contributed by atoms with van der Waals surface area (Å²) in [5, 5.41) is 11.8. The molecule has 0 saturated heterocycles. The van der Waals surface area contributed by atoms with Gasteiger partial charge in [0.25, 0.3) is 0 Å². The van der Waals surface area contributed by atoms with Crippen LogP contribution < -0.4 is 5.11 Å². The van der Waals surface area contributed by atoms with Gasteiger partial charge in [-0.25, -0.2) is 0 Å². The Hall–Kier alpha value is -3.01. The van der Waals surface area contributed by atoms with Gasteiger partial charge >= 0.3 is 11.9 Å². The molecule has 472 valence electrons. The summed E-state index contributed by atoms with van der Waals surface area (Å²) < 4.78 is 22.8. The third kappa shape index (κ3) is 64.4. The summed E-state index contributed by atoms with van der Waals surface area (Å²) in [7, 11) is 5.93. The normalized spacial score (nSPS) is 13.0. The average molecular weight is 1140 g/mol. The molecule has 0 aromatic rings. The molecular weight excluding hydrogens is 1010 g/mol. The molecule has 0 rings (SSSR count). The molecule has 9 nitrogen and oxygen atoms in total. The second-order valence-corrected chi connectivity index (χ2v) is 24.4. The van der Waals surface area contributed by atoms with E-state index in [9.17, 15) is 19.5 Å². The SMILES string of the molecule is CC/C=C\C/C=C\C/C=C\C/C=C\CCCCCCCCCCC(=O)OC(COC(=O)CCCCCCCCCCCCCCCCCCCCCCCCC/C=C\CCCCCCCCCC)COC(OCC[N+](C)(C)C)C(=O)[O-]. The van der Waals surface area contributed by atoms with Crippen molar-refractivity contribution in [2.24, 2.45) is 0 Å². The Balaban J connectivity index is 4.03. The molecule has 0 amide bonds. The molecule has 0 aromatic heterocycles. The molecule has 0 N–H and O–H groups in total. The Morgan fingerprint density at radius 3 is 1.06 bits per heavy atom. The zero-order valence-corrected chi connectivity index (χ0v) is 53.9. The van der Waals surface area contributed by atoms with Crippen molar-refractivity contribution in [3.63, 3.8) is 0 Å². The van der Waals surface area contributed by atoms with E-state index in [-0.39, 0.29) is 32.2 Å². The van der Waals surface area contributed by atoms with Crippen LogP contribution in [0.5, 0.6) is 0 Å². The lowest BCUT2D eigenvalue weighted by Crippen LogP contribution is -2.44. The molecule has 2 atom stereocenters. The minimum atomic E-state index is -1.63. The molecule has 0 spiro atoms. The van der Waals surface area contributed by atoms with Gasteiger partial charge in [0.05, 0.1) is 40.3 Å². The van der Waals surface area contributed by atoms with Crippen molar-refractivity contribution in [3.05, 3.63) is 60.8 Å². The van der Waals surface area contributed by atoms with Crippen molar-refractivity contribution in [3.8, 4) is 0 Å². The van der Waals surface area contributed by atoms with E-state index in [1.807, 2.05) is 21.1 Å². The van der Waals surface area contributed by atoms with Gasteiger partial charge in [-0.15, -0.1) is 0 Å². The van der Waals surface area contributed by atoms with Gasteiger partial charge in [0.1, 0.15) is 13.2 Å². The number of unbranched alkanes of at least 4 members (excludes halogenated alkanes) is 39. The van der Waals surface area contributed by atoms with Gasteiger partial charge in [0.15, 0.2) is 12.4 Å². The molecule has 0 radical (unpaired) electrons. The smallest absolute Gasteiger partial charge is 0.306 e. The van der Waals surface area contributed by atoms with Crippen LogP contribution in [-0.4, -0.2) is 82.3 Å². The highest BCUT2D eigenvalue weighted by Crippen LogP contribution is 2.18. The standard InChI is InChI=1S/C72H131NO8/c1-6-8-10-12-14-16-18-20-22-24-26-28-29-30-31-32-33-34-35-36-37-38-39-40-41-43-44-46-48-50-52-54-56-58-60-62-69(74)79-66-68(67-80-72(71(76)77)78-65-64-73(3,4)5)81-70(75)63-61-59-57-55-53-51-49-47-45-42-27-25-23-21-19-17-15-13-11-9-7-2/h9,11,15,17,21,23-24,26-27,42,68,72H,6-8,10,12-14,16,18-20,22,25,28-41,43-67H2,1-5H3/b11-9-,17-15-,23-21-,26-24-,42-27-. The molecule has 0 heterocycles. The highest BCUT2D eigenvalue weighted by atomic mass is 16.7. The monoisotopic (exact) mass is 1140 g/mol. The summed E-state index contributed by atoms with van der Waals surface area (Å²) >= 11 is 0. The molecule has 0 aliphatic rings. The first kappa shape index (κ1) is 78.0. The van der Waals surface area contributed by atoms with Crippen LogP contribution in [0.3, 0.4) is 0 Å². The minimum Gasteiger partial charge on any atom is -0.545 e. The van der Waals surface area contributed by atoms with Crippen molar-refractivity contribution in [2.45, 2.75) is 334 Å². The van der Waals surface area contributed by atoms with Gasteiger partial charge in [0.2, 0.25) is 0 Å². The maximum Gasteiger partial charge on any atom is 0.306 e. The van der Waals surface area contributed by atoms with Crippen LogP contribution >= 0.6 is 0 Å². The van der Waals surface area contributed by atoms with E-state index in [0.717, 1.165) is 70.6 Å². The van der Waals surface area contributed by atoms with E-state index in [2.05, 4.69) is 74.6 Å². The maximum absolute atomic E-state index is 12.9. The number of carboxylic acid groups (broad SMARTS) is 1. The largest absolute Gasteiger partial charge is 0.545 e. The number of carbonyl (C=O) groups excluding carboxylic acids is 3. The van der Waals surface area contributed by atoms with Gasteiger partial charge < -0.3 is 33.3 Å². The first-order valence-electron chi connectivity index (χ1n) is 34.4. The highest BCUT2D eigenvalue weighted by Gasteiger charge is 2.22. The third-order valence-electron chi connectivity index (χ3n) is 15.2. The van der Waals surface area contributed by atoms with Crippen molar-refractivity contribution >= 4 is 17.9 Å². The molecule has 0 aliphatic heterocycles. The number of rotatable bonds is 64. The van der Waals surface area contributed by atoms with Gasteiger partial charge in [-0.3, -0.25) is 9.59 Å². The maximum atomic E-state index is 12.9. The minimum absolute atomic E-state index is 0.145. The summed E-state index contributed by atoms with van der Waals surface area (Å²) in [5.41, 5.74) is 0. The molecule has 0 fully saturated rings. The molecule has 81 heavy (non-hydrogen) atoms. The molecule has 0 aromatic carbocycles. The Labute approximate surface area is 501 Å². The predicted molar refractivity (Wildman–Crippen MR) is 343 cm³/mol. The van der Waals surface area contributed by atoms with E-state index in [1.165, 1.54) is 218 Å². The second kappa shape index (κ2) is 63.0. The molecule has 0 bridgehead atoms. The number of carbonyl (C=O) groups is 3. The summed E-state index contributed by atoms with van der Waals surface area (Å²) in [4.78, 5) is 37.4. The van der Waals surface area contributed by atoms with Crippen LogP contribution in [0, 0.1) is 0 Å². The Morgan fingerprint density at radius 1 is 0.383 bits per heavy atom. The van der Waals surface area contributed by atoms with Gasteiger partial charge in [-0.05, 0) is 77.0 Å². The van der Waals surface area contributed by atoms with Crippen LogP contribution in [0.1, 0.15) is 322 Å². The van der Waals surface area contributed by atoms with Crippen LogP contribution in [0.2, 0.25) is 0 Å². The molecule has 2 unspecified atom stereocenters. The summed E-state index contributed by atoms with van der Waals surface area (Å²) in [6.45, 7) is 4.67. The number of nitrogens with zero attached hydrogens (tertiary/aromatic N) is 1. The number of ether oxygens (including phenoxy) is 4. The fourth-order valence-corrected chi connectivity index (χ4v) is 10.00. The van der Waals surface area contributed by atoms with E-state index >= 15 is 0 Å². The van der Waals surface area contributed by atoms with E-state index in [4.69, 9.17) is 18.9 Å². The number of allylic oxidation sites excluding steroid dienone is 10. The van der Waals surface area contributed by atoms with Gasteiger partial charge in [-0.2, -0.15) is 0 Å². The van der Waals surface area contributed by atoms with E-state index in [0.29, 0.717) is 23.9 Å². The lowest BCUT2D eigenvalue weighted by molar-refractivity contribution is -0.870. The van der Waals surface area contributed by atoms with Gasteiger partial charge in [0, 0.05) is 12.8 Å². The summed E-state index contributed by atoms with van der Waals surface area (Å²) in [6.07, 6.45) is 78.8. The second-order valence-electron chi connectivity index (χ2n) is 24.4. The zero-order valence-electron chi connectivity index (χ0n) is 53.9. The molecular formula is C72H131NO8. The predicted octanol–water partition coefficient (Wildman–Crippen LogP) is 19.8. The molecule has 0 saturated carbocycles. The van der Waals surface area contributed by atoms with Crippen LogP contribution in [0.25, 0.3) is 0 Å². The lowest BCUT2D eigenvalue weighted by Gasteiger charge is -2.26. The van der Waals surface area contributed by atoms with Crippen molar-refractivity contribution in [1.82, 2.24) is 0 Å².